The van der Waals surface area contributed by atoms with E-state index in [9.17, 15) is 4.79 Å². The fraction of sp³-hybridized carbons (Fsp3) is 0.417. The topological polar surface area (TPSA) is 29.5 Å². The van der Waals surface area contributed by atoms with E-state index >= 15 is 0 Å². The van der Waals surface area contributed by atoms with Gasteiger partial charge in [-0.05, 0) is 32.6 Å². The molecule has 0 aliphatic heterocycles. The number of hydrogen-bond donors (Lipinski definition) is 0. The van der Waals surface area contributed by atoms with Crippen molar-refractivity contribution in [3.8, 4) is 5.75 Å². The van der Waals surface area contributed by atoms with Crippen molar-refractivity contribution in [3.05, 3.63) is 29.8 Å². The Morgan fingerprint density at radius 1 is 1.33 bits per heavy atom. The van der Waals surface area contributed by atoms with Gasteiger partial charge >= 0.3 is 0 Å². The van der Waals surface area contributed by atoms with Crippen molar-refractivity contribution >= 4 is 6.29 Å². The molecule has 0 saturated heterocycles. The summed E-state index contributed by atoms with van der Waals surface area (Å²) in [6.07, 6.45) is 1.78. The lowest BCUT2D eigenvalue weighted by atomic mass is 10.2. The maximum Gasteiger partial charge on any atom is 0.153 e. The lowest BCUT2D eigenvalue weighted by Gasteiger charge is -2.11. The number of benzene rings is 1. The molecule has 3 heteroatoms. The van der Waals surface area contributed by atoms with E-state index in [2.05, 4.69) is 4.90 Å². The van der Waals surface area contributed by atoms with E-state index in [1.807, 2.05) is 32.3 Å². The van der Waals surface area contributed by atoms with Crippen LogP contribution < -0.4 is 4.74 Å². The minimum atomic E-state index is 0.613. The van der Waals surface area contributed by atoms with Crippen LogP contribution in [0.5, 0.6) is 5.75 Å². The van der Waals surface area contributed by atoms with Gasteiger partial charge in [0.1, 0.15) is 5.75 Å². The van der Waals surface area contributed by atoms with Crippen LogP contribution in [0, 0.1) is 0 Å². The van der Waals surface area contributed by atoms with Crippen LogP contribution in [-0.4, -0.2) is 38.4 Å². The molecule has 0 bridgehead atoms. The minimum absolute atomic E-state index is 0.613. The normalized spacial score (nSPS) is 10.3. The largest absolute Gasteiger partial charge is 0.493 e. The van der Waals surface area contributed by atoms with E-state index in [0.717, 1.165) is 19.3 Å². The number of carbonyl (C=O) groups excluding carboxylic acids is 1. The summed E-state index contributed by atoms with van der Waals surface area (Å²) in [5, 5.41) is 0. The Bertz CT molecular complexity index is 310. The monoisotopic (exact) mass is 207 g/mol. The van der Waals surface area contributed by atoms with Crippen molar-refractivity contribution in [2.24, 2.45) is 0 Å². The average Bonchev–Trinajstić information content (AvgIpc) is 2.24. The highest BCUT2D eigenvalue weighted by Crippen LogP contribution is 2.15. The fourth-order valence-electron chi connectivity index (χ4n) is 1.27. The van der Waals surface area contributed by atoms with E-state index in [1.54, 1.807) is 6.07 Å². The second-order valence-corrected chi connectivity index (χ2v) is 3.66. The molecule has 0 aliphatic rings. The second-order valence-electron chi connectivity index (χ2n) is 3.66. The summed E-state index contributed by atoms with van der Waals surface area (Å²) in [4.78, 5) is 12.8. The van der Waals surface area contributed by atoms with Gasteiger partial charge in [-0.2, -0.15) is 0 Å². The molecular formula is C12H17NO2. The molecule has 0 aromatic heterocycles. The van der Waals surface area contributed by atoms with Crippen molar-refractivity contribution in [1.29, 1.82) is 0 Å². The van der Waals surface area contributed by atoms with E-state index in [-0.39, 0.29) is 0 Å². The quantitative estimate of drug-likeness (QED) is 0.526. The zero-order chi connectivity index (χ0) is 11.1. The summed E-state index contributed by atoms with van der Waals surface area (Å²) >= 11 is 0. The smallest absolute Gasteiger partial charge is 0.153 e. The average molecular weight is 207 g/mol. The third kappa shape index (κ3) is 4.13. The molecule has 1 aromatic rings. The van der Waals surface area contributed by atoms with Gasteiger partial charge in [-0.15, -0.1) is 0 Å². The van der Waals surface area contributed by atoms with Gasteiger partial charge in [-0.3, -0.25) is 4.79 Å². The molecule has 82 valence electrons. The number of nitrogens with zero attached hydrogens (tertiary/aromatic N) is 1. The summed E-state index contributed by atoms with van der Waals surface area (Å²) in [6, 6.07) is 7.28. The van der Waals surface area contributed by atoms with Crippen molar-refractivity contribution in [3.63, 3.8) is 0 Å². The summed E-state index contributed by atoms with van der Waals surface area (Å²) in [5.41, 5.74) is 0.613. The Morgan fingerprint density at radius 3 is 2.73 bits per heavy atom. The minimum Gasteiger partial charge on any atom is -0.493 e. The van der Waals surface area contributed by atoms with Gasteiger partial charge in [0.2, 0.25) is 0 Å². The maximum absolute atomic E-state index is 10.7. The second kappa shape index (κ2) is 6.19. The first kappa shape index (κ1) is 11.7. The van der Waals surface area contributed by atoms with Gasteiger partial charge < -0.3 is 9.64 Å². The summed E-state index contributed by atoms with van der Waals surface area (Å²) in [6.45, 7) is 1.63. The van der Waals surface area contributed by atoms with Crippen LogP contribution in [-0.2, 0) is 0 Å². The highest BCUT2D eigenvalue weighted by molar-refractivity contribution is 5.79. The Morgan fingerprint density at radius 2 is 2.07 bits per heavy atom. The van der Waals surface area contributed by atoms with Gasteiger partial charge in [0.25, 0.3) is 0 Å². The third-order valence-corrected chi connectivity index (χ3v) is 2.05. The molecule has 0 fully saturated rings. The lowest BCUT2D eigenvalue weighted by molar-refractivity contribution is 0.111. The maximum atomic E-state index is 10.7. The van der Waals surface area contributed by atoms with Crippen LogP contribution in [0.25, 0.3) is 0 Å². The van der Waals surface area contributed by atoms with Gasteiger partial charge in [-0.25, -0.2) is 0 Å². The third-order valence-electron chi connectivity index (χ3n) is 2.05. The fourth-order valence-corrected chi connectivity index (χ4v) is 1.27. The van der Waals surface area contributed by atoms with E-state index in [1.165, 1.54) is 0 Å². The van der Waals surface area contributed by atoms with Gasteiger partial charge in [0, 0.05) is 6.54 Å². The van der Waals surface area contributed by atoms with Crippen LogP contribution in [0.4, 0.5) is 0 Å². The molecule has 1 aromatic carbocycles. The van der Waals surface area contributed by atoms with Crippen molar-refractivity contribution in [1.82, 2.24) is 4.90 Å². The molecule has 0 aliphatic carbocycles. The molecule has 0 atom stereocenters. The number of rotatable bonds is 6. The van der Waals surface area contributed by atoms with Crippen LogP contribution in [0.1, 0.15) is 16.8 Å². The van der Waals surface area contributed by atoms with E-state index in [4.69, 9.17) is 4.74 Å². The van der Waals surface area contributed by atoms with Crippen molar-refractivity contribution < 1.29 is 9.53 Å². The number of aldehydes is 1. The van der Waals surface area contributed by atoms with Gasteiger partial charge in [-0.1, -0.05) is 12.1 Å². The molecule has 0 unspecified atom stereocenters. The molecule has 0 saturated carbocycles. The molecule has 1 rings (SSSR count). The van der Waals surface area contributed by atoms with Gasteiger partial charge in [0.15, 0.2) is 6.29 Å². The zero-order valence-corrected chi connectivity index (χ0v) is 9.27. The van der Waals surface area contributed by atoms with Crippen LogP contribution in [0.15, 0.2) is 24.3 Å². The van der Waals surface area contributed by atoms with Crippen LogP contribution in [0.2, 0.25) is 0 Å². The summed E-state index contributed by atoms with van der Waals surface area (Å²) in [7, 11) is 4.05. The molecule has 0 radical (unpaired) electrons. The standard InChI is InChI=1S/C12H17NO2/c1-13(2)8-5-9-15-12-7-4-3-6-11(12)10-14/h3-4,6-7,10H,5,8-9H2,1-2H3. The molecule has 0 spiro atoms. The summed E-state index contributed by atoms with van der Waals surface area (Å²) < 4.78 is 5.52. The molecule has 0 heterocycles. The SMILES string of the molecule is CN(C)CCCOc1ccccc1C=O. The van der Waals surface area contributed by atoms with Crippen LogP contribution in [0.3, 0.4) is 0 Å². The lowest BCUT2D eigenvalue weighted by Crippen LogP contribution is -2.15. The molecule has 0 N–H and O–H groups in total. The zero-order valence-electron chi connectivity index (χ0n) is 9.27. The van der Waals surface area contributed by atoms with E-state index < -0.39 is 0 Å². The summed E-state index contributed by atoms with van der Waals surface area (Å²) in [5.74, 6) is 0.672. The molecule has 0 amide bonds. The molecular weight excluding hydrogens is 190 g/mol. The number of ether oxygens (including phenoxy) is 1. The molecule has 3 nitrogen and oxygen atoms in total. The first-order chi connectivity index (χ1) is 7.24. The first-order valence-corrected chi connectivity index (χ1v) is 5.06. The van der Waals surface area contributed by atoms with Crippen LogP contribution >= 0.6 is 0 Å². The first-order valence-electron chi connectivity index (χ1n) is 5.06. The predicted octanol–water partition coefficient (Wildman–Crippen LogP) is 1.83. The predicted molar refractivity (Wildman–Crippen MR) is 60.5 cm³/mol. The molecule has 15 heavy (non-hydrogen) atoms. The van der Waals surface area contributed by atoms with Crippen molar-refractivity contribution in [2.45, 2.75) is 6.42 Å². The highest BCUT2D eigenvalue weighted by atomic mass is 16.5. The Labute approximate surface area is 90.7 Å². The van der Waals surface area contributed by atoms with E-state index in [0.29, 0.717) is 17.9 Å². The van der Waals surface area contributed by atoms with Gasteiger partial charge in [0.05, 0.1) is 12.2 Å². The van der Waals surface area contributed by atoms with Crippen molar-refractivity contribution in [2.75, 3.05) is 27.2 Å². The number of carbonyl (C=O) groups is 1. The number of para-hydroxylation sites is 1. The highest BCUT2D eigenvalue weighted by Gasteiger charge is 2.00. The number of hydrogen-bond acceptors (Lipinski definition) is 3. The Kier molecular flexibility index (Phi) is 4.84. The Hall–Kier alpha value is -1.35. The Balaban J connectivity index is 2.40.